The summed E-state index contributed by atoms with van der Waals surface area (Å²) in [6.45, 7) is 4.59. The number of benzene rings is 3. The summed E-state index contributed by atoms with van der Waals surface area (Å²) in [6.07, 6.45) is -14.8. The Bertz CT molecular complexity index is 1110. The van der Waals surface area contributed by atoms with Crippen molar-refractivity contribution in [1.82, 2.24) is 0 Å². The Morgan fingerprint density at radius 2 is 0.703 bits per heavy atom. The van der Waals surface area contributed by atoms with E-state index in [1.807, 2.05) is 0 Å². The SMILES string of the molecule is Cc1cc(OC(F)(F)F)ccc1P(c1ccc(OC(F)(F)F)cc1C)c1ccc(OC(F)(F)F)cc1C. The number of alkyl halides is 9. The van der Waals surface area contributed by atoms with Gasteiger partial charge in [0.15, 0.2) is 0 Å². The van der Waals surface area contributed by atoms with Crippen LogP contribution in [0.1, 0.15) is 16.7 Å². The lowest BCUT2D eigenvalue weighted by Gasteiger charge is -2.26. The molecule has 0 atom stereocenters. The highest BCUT2D eigenvalue weighted by Gasteiger charge is 2.34. The van der Waals surface area contributed by atoms with Crippen LogP contribution >= 0.6 is 7.92 Å². The molecule has 13 heteroatoms. The van der Waals surface area contributed by atoms with Gasteiger partial charge in [-0.2, -0.15) is 0 Å². The van der Waals surface area contributed by atoms with Gasteiger partial charge in [0.2, 0.25) is 0 Å². The molecule has 0 radical (unpaired) electrons. The van der Waals surface area contributed by atoms with Crippen LogP contribution in [-0.2, 0) is 0 Å². The summed E-state index contributed by atoms with van der Waals surface area (Å²) in [4.78, 5) is 0. The van der Waals surface area contributed by atoms with E-state index in [2.05, 4.69) is 14.2 Å². The second kappa shape index (κ2) is 10.3. The first-order chi connectivity index (χ1) is 16.9. The maximum absolute atomic E-state index is 12.7. The van der Waals surface area contributed by atoms with Crippen molar-refractivity contribution in [2.45, 2.75) is 39.9 Å². The molecule has 0 aliphatic heterocycles. The number of hydrogen-bond acceptors (Lipinski definition) is 3. The Balaban J connectivity index is 2.15. The minimum Gasteiger partial charge on any atom is -0.406 e. The lowest BCUT2D eigenvalue weighted by molar-refractivity contribution is -0.275. The zero-order valence-electron chi connectivity index (χ0n) is 19.3. The van der Waals surface area contributed by atoms with Crippen molar-refractivity contribution < 1.29 is 53.7 Å². The molecule has 0 N–H and O–H groups in total. The number of halogens is 9. The van der Waals surface area contributed by atoms with Crippen molar-refractivity contribution >= 4 is 23.8 Å². The van der Waals surface area contributed by atoms with Gasteiger partial charge in [-0.3, -0.25) is 0 Å². The number of ether oxygens (including phenoxy) is 3. The van der Waals surface area contributed by atoms with Crippen molar-refractivity contribution in [3.63, 3.8) is 0 Å². The van der Waals surface area contributed by atoms with Crippen molar-refractivity contribution in [3.05, 3.63) is 71.3 Å². The number of rotatable bonds is 6. The Kier molecular flexibility index (Phi) is 7.93. The first-order valence-electron chi connectivity index (χ1n) is 10.3. The van der Waals surface area contributed by atoms with E-state index in [-0.39, 0.29) is 0 Å². The molecular formula is C24H18F9O3P. The van der Waals surface area contributed by atoms with Crippen LogP contribution in [0.25, 0.3) is 0 Å². The normalized spacial score (nSPS) is 12.6. The summed E-state index contributed by atoms with van der Waals surface area (Å²) in [5.74, 6) is -1.42. The summed E-state index contributed by atoms with van der Waals surface area (Å²) in [7, 11) is -1.66. The number of aryl methyl sites for hydroxylation is 3. The van der Waals surface area contributed by atoms with Crippen LogP contribution in [0, 0.1) is 20.8 Å². The Labute approximate surface area is 206 Å². The van der Waals surface area contributed by atoms with Gasteiger partial charge in [-0.25, -0.2) is 0 Å². The molecule has 3 rings (SSSR count). The monoisotopic (exact) mass is 556 g/mol. The second-order valence-corrected chi connectivity index (χ2v) is 9.94. The highest BCUT2D eigenvalue weighted by Crippen LogP contribution is 2.40. The summed E-state index contributed by atoms with van der Waals surface area (Å²) in [5.41, 5.74) is 1.12. The maximum atomic E-state index is 12.7. The van der Waals surface area contributed by atoms with Crippen molar-refractivity contribution in [2.75, 3.05) is 0 Å². The molecule has 0 heterocycles. The van der Waals surface area contributed by atoms with Crippen LogP contribution in [0.2, 0.25) is 0 Å². The van der Waals surface area contributed by atoms with E-state index in [9.17, 15) is 39.5 Å². The molecule has 0 saturated heterocycles. The molecule has 0 saturated carbocycles. The minimum absolute atomic E-state index is 0.373. The molecule has 200 valence electrons. The average Bonchev–Trinajstić information content (AvgIpc) is 2.68. The van der Waals surface area contributed by atoms with Crippen molar-refractivity contribution in [3.8, 4) is 17.2 Å². The van der Waals surface area contributed by atoms with E-state index >= 15 is 0 Å². The highest BCUT2D eigenvalue weighted by atomic mass is 31.1. The Hall–Kier alpha value is -3.14. The van der Waals surface area contributed by atoms with Crippen LogP contribution in [0.4, 0.5) is 39.5 Å². The zero-order valence-corrected chi connectivity index (χ0v) is 20.2. The quantitative estimate of drug-likeness (QED) is 0.240. The van der Waals surface area contributed by atoms with Gasteiger partial charge in [0.05, 0.1) is 0 Å². The fourth-order valence-corrected chi connectivity index (χ4v) is 6.32. The van der Waals surface area contributed by atoms with Gasteiger partial charge in [0, 0.05) is 0 Å². The fraction of sp³-hybridized carbons (Fsp3) is 0.250. The van der Waals surface area contributed by atoms with E-state index in [0.29, 0.717) is 32.6 Å². The molecule has 3 nitrogen and oxygen atoms in total. The summed E-state index contributed by atoms with van der Waals surface area (Å²) in [5, 5.41) is 1.55. The molecule has 0 aromatic heterocycles. The lowest BCUT2D eigenvalue weighted by Crippen LogP contribution is -2.26. The van der Waals surface area contributed by atoms with Crippen molar-refractivity contribution in [2.24, 2.45) is 0 Å². The smallest absolute Gasteiger partial charge is 0.406 e. The van der Waals surface area contributed by atoms with Crippen LogP contribution in [0.5, 0.6) is 17.2 Å². The van der Waals surface area contributed by atoms with Crippen LogP contribution in [0.3, 0.4) is 0 Å². The van der Waals surface area contributed by atoms with Gasteiger partial charge in [0.25, 0.3) is 0 Å². The molecule has 0 spiro atoms. The van der Waals surface area contributed by atoms with Crippen LogP contribution < -0.4 is 30.1 Å². The molecule has 0 bridgehead atoms. The van der Waals surface area contributed by atoms with Crippen LogP contribution in [0.15, 0.2) is 54.6 Å². The zero-order chi connectivity index (χ0) is 27.8. The van der Waals surface area contributed by atoms with E-state index < -0.39 is 44.3 Å². The molecular weight excluding hydrogens is 538 g/mol. The minimum atomic E-state index is -4.92. The highest BCUT2D eigenvalue weighted by molar-refractivity contribution is 7.80. The average molecular weight is 556 g/mol. The van der Waals surface area contributed by atoms with Gasteiger partial charge >= 0.3 is 19.1 Å². The van der Waals surface area contributed by atoms with Gasteiger partial charge in [-0.15, -0.1) is 39.5 Å². The van der Waals surface area contributed by atoms with Gasteiger partial charge in [0.1, 0.15) is 17.2 Å². The first kappa shape index (κ1) is 28.4. The predicted octanol–water partition coefficient (Wildman–Crippen LogP) is 7.07. The third-order valence-corrected chi connectivity index (χ3v) is 7.88. The molecule has 3 aromatic rings. The standard InChI is InChI=1S/C24H18F9O3P/c1-13-10-16(34-22(25,26)27)4-7-19(13)37(20-8-5-17(11-14(20)2)35-23(28,29)30)21-9-6-18(12-15(21)3)36-24(31,32)33/h4-12H,1-3H3. The predicted molar refractivity (Wildman–Crippen MR) is 119 cm³/mol. The van der Waals surface area contributed by atoms with E-state index in [1.54, 1.807) is 0 Å². The molecule has 0 fully saturated rings. The van der Waals surface area contributed by atoms with Gasteiger partial charge < -0.3 is 14.2 Å². The number of hydrogen-bond donors (Lipinski definition) is 0. The first-order valence-corrected chi connectivity index (χ1v) is 11.7. The van der Waals surface area contributed by atoms with Crippen molar-refractivity contribution in [1.29, 1.82) is 0 Å². The largest absolute Gasteiger partial charge is 0.573 e. The van der Waals surface area contributed by atoms with E-state index in [4.69, 9.17) is 0 Å². The maximum Gasteiger partial charge on any atom is 0.573 e. The fourth-order valence-electron chi connectivity index (χ4n) is 3.62. The van der Waals surface area contributed by atoms with Gasteiger partial charge in [-0.05, 0) is 116 Å². The lowest BCUT2D eigenvalue weighted by atomic mass is 10.2. The van der Waals surface area contributed by atoms with Crippen LogP contribution in [-0.4, -0.2) is 19.1 Å². The summed E-state index contributed by atoms with van der Waals surface area (Å²) >= 11 is 0. The third-order valence-electron chi connectivity index (χ3n) is 4.93. The summed E-state index contributed by atoms with van der Waals surface area (Å²) < 4.78 is 126. The summed E-state index contributed by atoms with van der Waals surface area (Å²) in [6, 6.07) is 10.9. The molecule has 37 heavy (non-hydrogen) atoms. The van der Waals surface area contributed by atoms with E-state index in [0.717, 1.165) is 36.4 Å². The molecule has 0 aliphatic rings. The Morgan fingerprint density at radius 1 is 0.459 bits per heavy atom. The molecule has 3 aromatic carbocycles. The Morgan fingerprint density at radius 3 is 0.892 bits per heavy atom. The molecule has 0 aliphatic carbocycles. The topological polar surface area (TPSA) is 27.7 Å². The van der Waals surface area contributed by atoms with Gasteiger partial charge in [-0.1, -0.05) is 0 Å². The molecule has 0 amide bonds. The van der Waals surface area contributed by atoms with E-state index in [1.165, 1.54) is 39.0 Å². The second-order valence-electron chi connectivity index (χ2n) is 7.82. The molecule has 0 unspecified atom stereocenters. The third kappa shape index (κ3) is 7.92.